The minimum absolute atomic E-state index is 0.0106. The highest BCUT2D eigenvalue weighted by Crippen LogP contribution is 2.25. The third-order valence-electron chi connectivity index (χ3n) is 6.47. The minimum atomic E-state index is -0.432. The molecule has 0 radical (unpaired) electrons. The molecule has 2 aromatic carbocycles. The Labute approximate surface area is 188 Å². The summed E-state index contributed by atoms with van der Waals surface area (Å²) in [7, 11) is 0. The van der Waals surface area contributed by atoms with E-state index in [4.69, 9.17) is 5.73 Å². The normalized spacial score (nSPS) is 19.1. The first-order valence-corrected chi connectivity index (χ1v) is 11.3. The Morgan fingerprint density at radius 2 is 1.59 bits per heavy atom. The molecule has 32 heavy (non-hydrogen) atoms. The third-order valence-corrected chi connectivity index (χ3v) is 6.47. The number of nitrogens with two attached hydrogens (primary N) is 1. The van der Waals surface area contributed by atoms with Gasteiger partial charge in [-0.2, -0.15) is 0 Å². The molecule has 0 spiro atoms. The molecule has 0 bridgehead atoms. The van der Waals surface area contributed by atoms with Crippen LogP contribution in [-0.2, 0) is 20.8 Å². The monoisotopic (exact) mass is 434 g/mol. The van der Waals surface area contributed by atoms with Crippen molar-refractivity contribution < 1.29 is 14.4 Å². The zero-order valence-electron chi connectivity index (χ0n) is 18.2. The van der Waals surface area contributed by atoms with Gasteiger partial charge in [0.05, 0.1) is 6.42 Å². The number of hydrogen-bond donors (Lipinski definition) is 2. The van der Waals surface area contributed by atoms with Gasteiger partial charge < -0.3 is 20.9 Å². The number of benzene rings is 2. The van der Waals surface area contributed by atoms with Crippen molar-refractivity contribution in [2.24, 2.45) is 11.7 Å². The molecule has 7 heteroatoms. The van der Waals surface area contributed by atoms with E-state index in [-0.39, 0.29) is 23.6 Å². The van der Waals surface area contributed by atoms with Crippen molar-refractivity contribution in [3.05, 3.63) is 60.2 Å². The summed E-state index contributed by atoms with van der Waals surface area (Å²) in [6.45, 7) is 2.20. The van der Waals surface area contributed by atoms with E-state index in [0.29, 0.717) is 25.1 Å². The standard InChI is InChI=1S/C25H30N4O3/c26-24(31)19-12-15-28(16-13-19)21-10-8-20(9-11-21)27-25(32)22-7-4-14-29(22)23(30)17-18-5-2-1-3-6-18/h1-3,5-6,8-11,19,22H,4,7,12-17H2,(H2,26,31)(H,27,32). The number of rotatable bonds is 6. The number of piperidine rings is 1. The average molecular weight is 435 g/mol. The van der Waals surface area contributed by atoms with Gasteiger partial charge in [-0.1, -0.05) is 30.3 Å². The molecule has 0 aliphatic carbocycles. The average Bonchev–Trinajstić information content (AvgIpc) is 3.31. The molecule has 0 aromatic heterocycles. The van der Waals surface area contributed by atoms with E-state index in [1.807, 2.05) is 54.6 Å². The summed E-state index contributed by atoms with van der Waals surface area (Å²) in [5.41, 5.74) is 8.15. The predicted octanol–water partition coefficient (Wildman–Crippen LogP) is 2.56. The molecule has 2 aliphatic rings. The van der Waals surface area contributed by atoms with Crippen LogP contribution in [0, 0.1) is 5.92 Å². The van der Waals surface area contributed by atoms with Gasteiger partial charge in [-0.15, -0.1) is 0 Å². The van der Waals surface area contributed by atoms with Gasteiger partial charge in [-0.05, 0) is 55.5 Å². The summed E-state index contributed by atoms with van der Waals surface area (Å²) in [6, 6.07) is 16.9. The maximum atomic E-state index is 12.9. The Hall–Kier alpha value is -3.35. The molecule has 4 rings (SSSR count). The predicted molar refractivity (Wildman–Crippen MR) is 124 cm³/mol. The van der Waals surface area contributed by atoms with Crippen LogP contribution in [0.4, 0.5) is 11.4 Å². The zero-order chi connectivity index (χ0) is 22.5. The van der Waals surface area contributed by atoms with Gasteiger partial charge in [0.25, 0.3) is 0 Å². The van der Waals surface area contributed by atoms with Gasteiger partial charge in [0.1, 0.15) is 6.04 Å². The van der Waals surface area contributed by atoms with Crippen LogP contribution in [0.3, 0.4) is 0 Å². The third kappa shape index (κ3) is 5.10. The second-order valence-electron chi connectivity index (χ2n) is 8.61. The number of likely N-dealkylation sites (tertiary alicyclic amines) is 1. The number of anilines is 2. The summed E-state index contributed by atoms with van der Waals surface area (Å²) in [6.07, 6.45) is 3.36. The summed E-state index contributed by atoms with van der Waals surface area (Å²) in [5.74, 6) is -0.405. The molecule has 2 aromatic rings. The molecule has 2 fully saturated rings. The quantitative estimate of drug-likeness (QED) is 0.730. The number of carbonyl (C=O) groups excluding carboxylic acids is 3. The Morgan fingerprint density at radius 3 is 2.25 bits per heavy atom. The lowest BCUT2D eigenvalue weighted by Gasteiger charge is -2.32. The van der Waals surface area contributed by atoms with Crippen molar-refractivity contribution in [1.29, 1.82) is 0 Å². The molecule has 0 saturated carbocycles. The fourth-order valence-electron chi connectivity index (χ4n) is 4.61. The van der Waals surface area contributed by atoms with Crippen molar-refractivity contribution in [3.8, 4) is 0 Å². The molecule has 3 amide bonds. The second-order valence-corrected chi connectivity index (χ2v) is 8.61. The highest BCUT2D eigenvalue weighted by molar-refractivity contribution is 5.97. The smallest absolute Gasteiger partial charge is 0.247 e. The van der Waals surface area contributed by atoms with Crippen LogP contribution in [0.15, 0.2) is 54.6 Å². The van der Waals surface area contributed by atoms with Crippen molar-refractivity contribution in [1.82, 2.24) is 4.90 Å². The summed E-state index contributed by atoms with van der Waals surface area (Å²) < 4.78 is 0. The van der Waals surface area contributed by atoms with Crippen LogP contribution in [0.1, 0.15) is 31.2 Å². The molecular formula is C25H30N4O3. The molecule has 2 saturated heterocycles. The summed E-state index contributed by atoms with van der Waals surface area (Å²) in [4.78, 5) is 41.0. The first-order chi connectivity index (χ1) is 15.5. The number of carbonyl (C=O) groups is 3. The fraction of sp³-hybridized carbons (Fsp3) is 0.400. The Kier molecular flexibility index (Phi) is 6.73. The van der Waals surface area contributed by atoms with E-state index < -0.39 is 6.04 Å². The summed E-state index contributed by atoms with van der Waals surface area (Å²) >= 11 is 0. The van der Waals surface area contributed by atoms with Crippen molar-refractivity contribution in [3.63, 3.8) is 0 Å². The molecule has 2 aliphatic heterocycles. The molecule has 3 N–H and O–H groups in total. The van der Waals surface area contributed by atoms with Gasteiger partial charge in [0, 0.05) is 36.9 Å². The molecule has 2 heterocycles. The van der Waals surface area contributed by atoms with Crippen molar-refractivity contribution >= 4 is 29.1 Å². The van der Waals surface area contributed by atoms with E-state index in [1.54, 1.807) is 4.90 Å². The highest BCUT2D eigenvalue weighted by Gasteiger charge is 2.34. The van der Waals surface area contributed by atoms with E-state index in [1.165, 1.54) is 0 Å². The Bertz CT molecular complexity index is 953. The van der Waals surface area contributed by atoms with Gasteiger partial charge in [0.2, 0.25) is 17.7 Å². The Balaban J connectivity index is 1.33. The van der Waals surface area contributed by atoms with E-state index in [2.05, 4.69) is 10.2 Å². The van der Waals surface area contributed by atoms with Crippen LogP contribution < -0.4 is 16.0 Å². The number of amides is 3. The molecular weight excluding hydrogens is 404 g/mol. The van der Waals surface area contributed by atoms with Gasteiger partial charge in [0.15, 0.2) is 0 Å². The van der Waals surface area contributed by atoms with Crippen LogP contribution in [0.5, 0.6) is 0 Å². The number of primary amides is 1. The van der Waals surface area contributed by atoms with Crippen LogP contribution in [0.25, 0.3) is 0 Å². The second kappa shape index (κ2) is 9.85. The number of nitrogens with zero attached hydrogens (tertiary/aromatic N) is 2. The minimum Gasteiger partial charge on any atom is -0.371 e. The van der Waals surface area contributed by atoms with Gasteiger partial charge in [-0.3, -0.25) is 14.4 Å². The van der Waals surface area contributed by atoms with Crippen LogP contribution >= 0.6 is 0 Å². The number of nitrogens with one attached hydrogen (secondary N) is 1. The van der Waals surface area contributed by atoms with Crippen LogP contribution in [0.2, 0.25) is 0 Å². The maximum Gasteiger partial charge on any atom is 0.247 e. The first kappa shape index (κ1) is 21.9. The lowest BCUT2D eigenvalue weighted by molar-refractivity contribution is -0.136. The number of hydrogen-bond acceptors (Lipinski definition) is 4. The highest BCUT2D eigenvalue weighted by atomic mass is 16.2. The van der Waals surface area contributed by atoms with E-state index in [9.17, 15) is 14.4 Å². The molecule has 1 unspecified atom stereocenters. The zero-order valence-corrected chi connectivity index (χ0v) is 18.2. The van der Waals surface area contributed by atoms with Crippen LogP contribution in [-0.4, -0.2) is 48.3 Å². The van der Waals surface area contributed by atoms with Gasteiger partial charge in [-0.25, -0.2) is 0 Å². The lowest BCUT2D eigenvalue weighted by atomic mass is 9.96. The van der Waals surface area contributed by atoms with Gasteiger partial charge >= 0.3 is 0 Å². The van der Waals surface area contributed by atoms with E-state index in [0.717, 1.165) is 43.6 Å². The molecule has 1 atom stereocenters. The van der Waals surface area contributed by atoms with Crippen molar-refractivity contribution in [2.45, 2.75) is 38.1 Å². The van der Waals surface area contributed by atoms with E-state index >= 15 is 0 Å². The SMILES string of the molecule is NC(=O)C1CCN(c2ccc(NC(=O)C3CCCN3C(=O)Cc3ccccc3)cc2)CC1. The first-order valence-electron chi connectivity index (χ1n) is 11.3. The maximum absolute atomic E-state index is 12.9. The Morgan fingerprint density at radius 1 is 0.906 bits per heavy atom. The topological polar surface area (TPSA) is 95.7 Å². The largest absolute Gasteiger partial charge is 0.371 e. The fourth-order valence-corrected chi connectivity index (χ4v) is 4.61. The van der Waals surface area contributed by atoms with Crippen molar-refractivity contribution in [2.75, 3.05) is 29.9 Å². The summed E-state index contributed by atoms with van der Waals surface area (Å²) in [5, 5.41) is 2.97. The molecule has 168 valence electrons. The lowest BCUT2D eigenvalue weighted by Crippen LogP contribution is -2.43. The molecule has 7 nitrogen and oxygen atoms in total.